The average Bonchev–Trinajstić information content (AvgIpc) is 3.19. The Kier molecular flexibility index (Phi) is 18.9. The number of amides is 4. The van der Waals surface area contributed by atoms with Crippen molar-refractivity contribution >= 4 is 35.4 Å². The molecule has 0 aromatic heterocycles. The zero-order chi connectivity index (χ0) is 42.1. The number of cyclic esters (lactones) is 1. The maximum atomic E-state index is 14.4. The molecule has 7 atom stereocenters. The Bertz CT molecular complexity index is 1690. The molecule has 2 bridgehead atoms. The van der Waals surface area contributed by atoms with Gasteiger partial charge in [-0.05, 0) is 74.6 Å². The number of fused-ring (bicyclic) bond motifs is 2. The number of likely N-dealkylation sites (N-methyl/N-ethyl adjacent to an activating group) is 1. The number of carbonyl (C=O) groups is 6. The van der Waals surface area contributed by atoms with E-state index in [4.69, 9.17) is 9.47 Å². The van der Waals surface area contributed by atoms with Gasteiger partial charge >= 0.3 is 5.97 Å². The lowest BCUT2D eigenvalue weighted by molar-refractivity contribution is -0.156. The number of hydrogen-bond donors (Lipinski definition) is 5. The molecule has 5 N–H and O–H groups in total. The second kappa shape index (κ2) is 23.2. The fourth-order valence-corrected chi connectivity index (χ4v) is 6.63. The van der Waals surface area contributed by atoms with E-state index < -0.39 is 71.8 Å². The van der Waals surface area contributed by atoms with Crippen molar-refractivity contribution in [3.05, 3.63) is 77.9 Å². The van der Waals surface area contributed by atoms with Crippen LogP contribution in [0.4, 0.5) is 0 Å². The normalized spacial score (nSPS) is 27.4. The number of hydrogen-bond acceptors (Lipinski definition) is 10. The summed E-state index contributed by atoms with van der Waals surface area (Å²) in [5.74, 6) is -3.87. The molecule has 0 spiro atoms. The summed E-state index contributed by atoms with van der Waals surface area (Å²) in [5.41, 5.74) is 4.42. The third-order valence-electron chi connectivity index (χ3n) is 10.2. The zero-order valence-corrected chi connectivity index (χ0v) is 34.3. The fraction of sp³-hybridized carbons (Fsp3) is 0.535. The van der Waals surface area contributed by atoms with Gasteiger partial charge in [-0.25, -0.2) is 5.43 Å². The first-order valence-corrected chi connectivity index (χ1v) is 19.7. The quantitative estimate of drug-likeness (QED) is 0.133. The van der Waals surface area contributed by atoms with Crippen molar-refractivity contribution in [3.63, 3.8) is 0 Å². The lowest BCUT2D eigenvalue weighted by Gasteiger charge is -2.36. The van der Waals surface area contributed by atoms with Crippen molar-refractivity contribution in [1.82, 2.24) is 26.4 Å². The van der Waals surface area contributed by atoms with E-state index in [1.54, 1.807) is 69.3 Å². The number of hydrazine groups is 1. The maximum Gasteiger partial charge on any atom is 0.325 e. The van der Waals surface area contributed by atoms with E-state index in [9.17, 15) is 33.9 Å². The first kappa shape index (κ1) is 46.3. The van der Waals surface area contributed by atoms with Crippen molar-refractivity contribution in [3.8, 4) is 5.75 Å². The van der Waals surface area contributed by atoms with Crippen LogP contribution in [0, 0.1) is 17.8 Å². The summed E-state index contributed by atoms with van der Waals surface area (Å²) in [5, 5.41) is 21.0. The smallest absolute Gasteiger partial charge is 0.325 e. The number of nitrogens with zero attached hydrogens (tertiary/aromatic N) is 1. The number of ketones is 1. The molecule has 0 radical (unpaired) electrons. The van der Waals surface area contributed by atoms with Crippen LogP contribution in [0.25, 0.3) is 0 Å². The molecular weight excluding hydrogens is 730 g/mol. The van der Waals surface area contributed by atoms with E-state index in [-0.39, 0.29) is 37.5 Å². The van der Waals surface area contributed by atoms with E-state index in [0.717, 1.165) is 0 Å². The molecule has 0 aliphatic carbocycles. The van der Waals surface area contributed by atoms with Gasteiger partial charge in [-0.1, -0.05) is 69.4 Å². The van der Waals surface area contributed by atoms with Crippen molar-refractivity contribution in [2.24, 2.45) is 17.8 Å². The molecule has 1 aromatic carbocycles. The van der Waals surface area contributed by atoms with Gasteiger partial charge in [0.2, 0.25) is 17.7 Å². The second-order valence-electron chi connectivity index (χ2n) is 15.1. The van der Waals surface area contributed by atoms with Gasteiger partial charge in [0.1, 0.15) is 35.8 Å². The third-order valence-corrected chi connectivity index (χ3v) is 10.2. The number of benzene rings is 1. The van der Waals surface area contributed by atoms with Gasteiger partial charge in [0.05, 0.1) is 19.1 Å². The molecule has 57 heavy (non-hydrogen) atoms. The first-order chi connectivity index (χ1) is 27.1. The Morgan fingerprint density at radius 1 is 1.07 bits per heavy atom. The molecule has 312 valence electrons. The fourth-order valence-electron chi connectivity index (χ4n) is 6.63. The van der Waals surface area contributed by atoms with Crippen LogP contribution in [0.1, 0.15) is 78.7 Å². The van der Waals surface area contributed by atoms with Crippen LogP contribution in [0.2, 0.25) is 0 Å². The molecule has 1 aromatic rings. The molecule has 2 aliphatic heterocycles. The number of aliphatic hydroxyl groups is 1. The summed E-state index contributed by atoms with van der Waals surface area (Å²) in [6.07, 6.45) is 11.9. The standard InChI is InChI=1S/C43H61N5O9/c1-27(2)38-41(53)45-35(26-31-17-13-18-32(25-31)56-7)42(54)48-24-14-19-34(47-48)43(55)57-36(28(3)16-12-21-37(50)44-6)20-11-9-8-10-15-29(4)39(51)33(40(52)46-38)23-22-30(5)49/h8-13,16-18,21,25,27,29,33-36,38-39,47,51H,14-15,19-20,22-24,26H2,1-7H3,(H,44,50)(H,45,53)(H,46,52)/b10-8+,11-9+,21-12+,28-16+/t29-,33+,34?,35?,36-,38-,39+/m0/s1. The lowest BCUT2D eigenvalue weighted by atomic mass is 9.85. The SMILES string of the molecule is CNC(=O)/C=C/C=C(\C)[C@@H]1C/C=C/C=C/C[C@H](C)[C@@H](O)[C@@H](CCC(C)=O)C(=O)N[C@@H](C(C)C)C(=O)NC(Cc2cccc(OC)c2)C(=O)N2CCCC(N2)C(=O)O1. The molecule has 4 amide bonds. The number of rotatable bonds is 10. The summed E-state index contributed by atoms with van der Waals surface area (Å²) in [4.78, 5) is 79.9. The van der Waals surface area contributed by atoms with Gasteiger partial charge in [0.15, 0.2) is 0 Å². The minimum Gasteiger partial charge on any atom is -0.497 e. The zero-order valence-electron chi connectivity index (χ0n) is 34.3. The highest BCUT2D eigenvalue weighted by Crippen LogP contribution is 2.24. The van der Waals surface area contributed by atoms with Gasteiger partial charge in [-0.2, -0.15) is 0 Å². The van der Waals surface area contributed by atoms with Gasteiger partial charge in [-0.15, -0.1) is 0 Å². The summed E-state index contributed by atoms with van der Waals surface area (Å²) in [7, 11) is 3.05. The van der Waals surface area contributed by atoms with E-state index in [1.165, 1.54) is 32.2 Å². The van der Waals surface area contributed by atoms with Crippen molar-refractivity contribution in [1.29, 1.82) is 0 Å². The number of aliphatic hydroxyl groups excluding tert-OH is 1. The Morgan fingerprint density at radius 2 is 1.79 bits per heavy atom. The Hall–Kier alpha value is -5.08. The van der Waals surface area contributed by atoms with Crippen LogP contribution in [0.3, 0.4) is 0 Å². The van der Waals surface area contributed by atoms with Gasteiger partial charge in [0, 0.05) is 38.9 Å². The summed E-state index contributed by atoms with van der Waals surface area (Å²) >= 11 is 0. The van der Waals surface area contributed by atoms with Crippen molar-refractivity contribution in [2.45, 2.75) is 110 Å². The highest BCUT2D eigenvalue weighted by molar-refractivity contribution is 5.93. The monoisotopic (exact) mass is 791 g/mol. The van der Waals surface area contributed by atoms with E-state index in [2.05, 4.69) is 21.4 Å². The number of nitrogens with one attached hydrogen (secondary N) is 4. The number of methoxy groups -OCH3 is 1. The predicted molar refractivity (Wildman–Crippen MR) is 216 cm³/mol. The Morgan fingerprint density at radius 3 is 2.46 bits per heavy atom. The number of esters is 1. The van der Waals surface area contributed by atoms with Gasteiger partial charge < -0.3 is 35.3 Å². The van der Waals surface area contributed by atoms with E-state index >= 15 is 0 Å². The summed E-state index contributed by atoms with van der Waals surface area (Å²) in [6, 6.07) is 4.04. The van der Waals surface area contributed by atoms with Crippen LogP contribution in [0.15, 0.2) is 72.4 Å². The Balaban J connectivity index is 2.06. The molecule has 3 rings (SSSR count). The van der Waals surface area contributed by atoms with E-state index in [0.29, 0.717) is 42.6 Å². The molecule has 2 unspecified atom stereocenters. The van der Waals surface area contributed by atoms with Crippen LogP contribution < -0.4 is 26.1 Å². The first-order valence-electron chi connectivity index (χ1n) is 19.7. The number of carbonyl (C=O) groups excluding carboxylic acids is 6. The second-order valence-corrected chi connectivity index (χ2v) is 15.1. The minimum absolute atomic E-state index is 0.0702. The summed E-state index contributed by atoms with van der Waals surface area (Å²) < 4.78 is 11.4. The largest absolute Gasteiger partial charge is 0.497 e. The number of ether oxygens (including phenoxy) is 2. The lowest BCUT2D eigenvalue weighted by Crippen LogP contribution is -2.62. The molecule has 1 fully saturated rings. The molecule has 2 aliphatic rings. The van der Waals surface area contributed by atoms with Crippen LogP contribution in [-0.4, -0.2) is 96.5 Å². The molecule has 0 saturated carbocycles. The van der Waals surface area contributed by atoms with Crippen molar-refractivity contribution < 1.29 is 43.3 Å². The number of Topliss-reactive ketones (excluding diaryl/α,β-unsaturated/α-hetero) is 1. The third kappa shape index (κ3) is 14.7. The minimum atomic E-state index is -1.13. The van der Waals surface area contributed by atoms with Crippen LogP contribution in [-0.2, 0) is 39.9 Å². The maximum absolute atomic E-state index is 14.4. The topological polar surface area (TPSA) is 192 Å². The van der Waals surface area contributed by atoms with Gasteiger partial charge in [-0.3, -0.25) is 29.0 Å². The molecule has 1 saturated heterocycles. The van der Waals surface area contributed by atoms with Crippen LogP contribution >= 0.6 is 0 Å². The molecule has 2 heterocycles. The van der Waals surface area contributed by atoms with Crippen molar-refractivity contribution in [2.75, 3.05) is 20.7 Å². The van der Waals surface area contributed by atoms with E-state index in [1.807, 2.05) is 19.1 Å². The highest BCUT2D eigenvalue weighted by atomic mass is 16.5. The number of allylic oxidation sites excluding steroid dienone is 5. The average molecular weight is 792 g/mol. The molecular formula is C43H61N5O9. The Labute approximate surface area is 336 Å². The van der Waals surface area contributed by atoms with Crippen LogP contribution in [0.5, 0.6) is 5.75 Å². The highest BCUT2D eigenvalue weighted by Gasteiger charge is 2.37. The molecule has 14 heteroatoms. The predicted octanol–water partition coefficient (Wildman–Crippen LogP) is 3.41. The summed E-state index contributed by atoms with van der Waals surface area (Å²) in [6.45, 7) is 8.81. The van der Waals surface area contributed by atoms with Gasteiger partial charge in [0.25, 0.3) is 5.91 Å². The molecule has 14 nitrogen and oxygen atoms in total.